The van der Waals surface area contributed by atoms with Crippen molar-refractivity contribution in [2.24, 2.45) is 0 Å². The van der Waals surface area contributed by atoms with E-state index in [9.17, 15) is 9.90 Å². The fraction of sp³-hybridized carbons (Fsp3) is 0.615. The highest BCUT2D eigenvalue weighted by molar-refractivity contribution is 5.81. The standard InChI is InChI=1S/C13H21N3O3/c1-8(2)19-10-7-9(3)14-12(15-10)16(6)13(4,5)11(17)18/h7-8H,1-6H3,(H,17,18). The lowest BCUT2D eigenvalue weighted by Crippen LogP contribution is -2.48. The number of aromatic nitrogens is 2. The highest BCUT2D eigenvalue weighted by Crippen LogP contribution is 2.22. The monoisotopic (exact) mass is 267 g/mol. The number of hydrogen-bond donors (Lipinski definition) is 1. The Morgan fingerprint density at radius 1 is 1.42 bits per heavy atom. The molecule has 1 rings (SSSR count). The van der Waals surface area contributed by atoms with Crippen molar-refractivity contribution in [1.29, 1.82) is 0 Å². The van der Waals surface area contributed by atoms with Gasteiger partial charge < -0.3 is 14.7 Å². The van der Waals surface area contributed by atoms with E-state index in [0.717, 1.165) is 5.69 Å². The van der Waals surface area contributed by atoms with Gasteiger partial charge >= 0.3 is 5.97 Å². The van der Waals surface area contributed by atoms with Gasteiger partial charge in [0, 0.05) is 18.8 Å². The second-order valence-corrected chi connectivity index (χ2v) is 5.24. The minimum atomic E-state index is -1.09. The number of carboxylic acids is 1. The third kappa shape index (κ3) is 3.56. The number of aryl methyl sites for hydroxylation is 1. The quantitative estimate of drug-likeness (QED) is 0.877. The molecule has 19 heavy (non-hydrogen) atoms. The van der Waals surface area contributed by atoms with Crippen molar-refractivity contribution in [3.8, 4) is 5.88 Å². The maximum Gasteiger partial charge on any atom is 0.329 e. The summed E-state index contributed by atoms with van der Waals surface area (Å²) in [5, 5.41) is 9.23. The molecule has 0 fully saturated rings. The number of ether oxygens (including phenoxy) is 1. The molecular weight excluding hydrogens is 246 g/mol. The first-order chi connectivity index (χ1) is 8.64. The Morgan fingerprint density at radius 3 is 2.47 bits per heavy atom. The Balaban J connectivity index is 3.13. The van der Waals surface area contributed by atoms with Crippen LogP contribution in [0.4, 0.5) is 5.95 Å². The largest absolute Gasteiger partial charge is 0.480 e. The molecule has 106 valence electrons. The van der Waals surface area contributed by atoms with E-state index >= 15 is 0 Å². The van der Waals surface area contributed by atoms with Gasteiger partial charge in [0.15, 0.2) is 0 Å². The van der Waals surface area contributed by atoms with Gasteiger partial charge in [0.25, 0.3) is 0 Å². The van der Waals surface area contributed by atoms with Crippen LogP contribution >= 0.6 is 0 Å². The Bertz CT molecular complexity index is 472. The van der Waals surface area contributed by atoms with Crippen LogP contribution in [0.2, 0.25) is 0 Å². The number of carboxylic acid groups (broad SMARTS) is 1. The number of likely N-dealkylation sites (N-methyl/N-ethyl adjacent to an activating group) is 1. The summed E-state index contributed by atoms with van der Waals surface area (Å²) in [6.07, 6.45) is -0.0000555. The maximum atomic E-state index is 11.3. The number of hydrogen-bond acceptors (Lipinski definition) is 5. The van der Waals surface area contributed by atoms with E-state index in [1.807, 2.05) is 20.8 Å². The lowest BCUT2D eigenvalue weighted by atomic mass is 10.1. The third-order valence-electron chi connectivity index (χ3n) is 2.84. The number of carbonyl (C=O) groups is 1. The van der Waals surface area contributed by atoms with Crippen LogP contribution in [0.5, 0.6) is 5.88 Å². The molecule has 0 aliphatic carbocycles. The normalized spacial score (nSPS) is 11.5. The molecule has 0 amide bonds. The second-order valence-electron chi connectivity index (χ2n) is 5.24. The molecule has 0 atom stereocenters. The number of rotatable bonds is 5. The molecule has 6 heteroatoms. The van der Waals surface area contributed by atoms with Crippen LogP contribution in [0.25, 0.3) is 0 Å². The fourth-order valence-corrected chi connectivity index (χ4v) is 1.37. The molecule has 6 nitrogen and oxygen atoms in total. The van der Waals surface area contributed by atoms with Crippen molar-refractivity contribution in [2.75, 3.05) is 11.9 Å². The minimum absolute atomic E-state index is 0.0000555. The zero-order valence-electron chi connectivity index (χ0n) is 12.3. The summed E-state index contributed by atoms with van der Waals surface area (Å²) in [5.74, 6) is -0.153. The number of aliphatic carboxylic acids is 1. The lowest BCUT2D eigenvalue weighted by Gasteiger charge is -2.31. The first kappa shape index (κ1) is 15.2. The summed E-state index contributed by atoms with van der Waals surface area (Å²) in [6.45, 7) is 8.83. The highest BCUT2D eigenvalue weighted by atomic mass is 16.5. The van der Waals surface area contributed by atoms with Crippen LogP contribution in [-0.4, -0.2) is 39.7 Å². The zero-order chi connectivity index (χ0) is 14.8. The number of nitrogens with zero attached hydrogens (tertiary/aromatic N) is 3. The Hall–Kier alpha value is -1.85. The van der Waals surface area contributed by atoms with Crippen LogP contribution < -0.4 is 9.64 Å². The summed E-state index contributed by atoms with van der Waals surface area (Å²) in [4.78, 5) is 21.3. The van der Waals surface area contributed by atoms with Crippen molar-refractivity contribution in [3.63, 3.8) is 0 Å². The molecule has 0 aliphatic heterocycles. The summed E-state index contributed by atoms with van der Waals surface area (Å²) < 4.78 is 5.53. The summed E-state index contributed by atoms with van der Waals surface area (Å²) in [7, 11) is 1.65. The average Bonchev–Trinajstić information content (AvgIpc) is 2.25. The fourth-order valence-electron chi connectivity index (χ4n) is 1.37. The van der Waals surface area contributed by atoms with Crippen LogP contribution in [0.15, 0.2) is 6.07 Å². The SMILES string of the molecule is Cc1cc(OC(C)C)nc(N(C)C(C)(C)C(=O)O)n1. The van der Waals surface area contributed by atoms with E-state index in [1.54, 1.807) is 27.0 Å². The first-order valence-corrected chi connectivity index (χ1v) is 6.14. The highest BCUT2D eigenvalue weighted by Gasteiger charge is 2.34. The van der Waals surface area contributed by atoms with E-state index in [-0.39, 0.29) is 6.10 Å². The van der Waals surface area contributed by atoms with Crippen molar-refractivity contribution in [3.05, 3.63) is 11.8 Å². The van der Waals surface area contributed by atoms with E-state index < -0.39 is 11.5 Å². The second kappa shape index (κ2) is 5.42. The molecule has 0 unspecified atom stereocenters. The van der Waals surface area contributed by atoms with Crippen LogP contribution in [-0.2, 0) is 4.79 Å². The van der Waals surface area contributed by atoms with E-state index in [1.165, 1.54) is 4.90 Å². The van der Waals surface area contributed by atoms with Gasteiger partial charge in [-0.25, -0.2) is 9.78 Å². The molecule has 1 N–H and O–H groups in total. The van der Waals surface area contributed by atoms with Gasteiger partial charge in [-0.2, -0.15) is 4.98 Å². The predicted molar refractivity (Wildman–Crippen MR) is 72.7 cm³/mol. The Labute approximate surface area is 113 Å². The van der Waals surface area contributed by atoms with Gasteiger partial charge in [-0.1, -0.05) is 0 Å². The molecule has 0 radical (unpaired) electrons. The number of anilines is 1. The molecule has 1 aromatic heterocycles. The smallest absolute Gasteiger partial charge is 0.329 e. The van der Waals surface area contributed by atoms with Gasteiger partial charge in [-0.3, -0.25) is 0 Å². The summed E-state index contributed by atoms with van der Waals surface area (Å²) in [6, 6.07) is 1.73. The van der Waals surface area contributed by atoms with Crippen molar-refractivity contribution in [1.82, 2.24) is 9.97 Å². The van der Waals surface area contributed by atoms with Gasteiger partial charge in [-0.15, -0.1) is 0 Å². The zero-order valence-corrected chi connectivity index (χ0v) is 12.3. The van der Waals surface area contributed by atoms with E-state index in [2.05, 4.69) is 9.97 Å². The Morgan fingerprint density at radius 2 is 2.00 bits per heavy atom. The maximum absolute atomic E-state index is 11.3. The van der Waals surface area contributed by atoms with Crippen molar-refractivity contribution < 1.29 is 14.6 Å². The predicted octanol–water partition coefficient (Wildman–Crippen LogP) is 1.87. The molecular formula is C13H21N3O3. The molecule has 0 spiro atoms. The summed E-state index contributed by atoms with van der Waals surface area (Å²) in [5.41, 5.74) is -0.364. The average molecular weight is 267 g/mol. The molecule has 1 heterocycles. The molecule has 0 aliphatic rings. The molecule has 1 aromatic rings. The van der Waals surface area contributed by atoms with Crippen LogP contribution in [0, 0.1) is 6.92 Å². The molecule has 0 bridgehead atoms. The van der Waals surface area contributed by atoms with E-state index in [4.69, 9.17) is 4.74 Å². The van der Waals surface area contributed by atoms with Gasteiger partial charge in [0.1, 0.15) is 5.54 Å². The minimum Gasteiger partial charge on any atom is -0.480 e. The molecule has 0 saturated heterocycles. The third-order valence-corrected chi connectivity index (χ3v) is 2.84. The topological polar surface area (TPSA) is 75.5 Å². The van der Waals surface area contributed by atoms with Gasteiger partial charge in [0.05, 0.1) is 6.10 Å². The van der Waals surface area contributed by atoms with Crippen LogP contribution in [0.1, 0.15) is 33.4 Å². The first-order valence-electron chi connectivity index (χ1n) is 6.14. The van der Waals surface area contributed by atoms with Crippen molar-refractivity contribution >= 4 is 11.9 Å². The van der Waals surface area contributed by atoms with E-state index in [0.29, 0.717) is 11.8 Å². The lowest BCUT2D eigenvalue weighted by molar-refractivity contribution is -0.142. The summed E-state index contributed by atoms with van der Waals surface area (Å²) >= 11 is 0. The van der Waals surface area contributed by atoms with Crippen LogP contribution in [0.3, 0.4) is 0 Å². The Kier molecular flexibility index (Phi) is 4.34. The molecule has 0 aromatic carbocycles. The van der Waals surface area contributed by atoms with Gasteiger partial charge in [0.2, 0.25) is 11.8 Å². The molecule has 0 saturated carbocycles. The van der Waals surface area contributed by atoms with Gasteiger partial charge in [-0.05, 0) is 34.6 Å². The van der Waals surface area contributed by atoms with Crippen molar-refractivity contribution in [2.45, 2.75) is 46.3 Å².